The highest BCUT2D eigenvalue weighted by molar-refractivity contribution is 6.01. The number of hydrogen-bond acceptors (Lipinski definition) is 4. The smallest absolute Gasteiger partial charge is 0.249 e. The molecule has 1 fully saturated rings. The Balaban J connectivity index is 2.32. The third kappa shape index (κ3) is 2.64. The molecule has 0 aliphatic carbocycles. The third-order valence-electron chi connectivity index (χ3n) is 3.87. The van der Waals surface area contributed by atoms with Crippen LogP contribution in [0.15, 0.2) is 6.33 Å². The highest BCUT2D eigenvalue weighted by Crippen LogP contribution is 2.27. The maximum Gasteiger partial charge on any atom is 0.249 e. The van der Waals surface area contributed by atoms with Gasteiger partial charge in [0, 0.05) is 6.54 Å². The normalized spacial score (nSPS) is 20.5. The van der Waals surface area contributed by atoms with Crippen LogP contribution in [0.5, 0.6) is 0 Å². The molecule has 0 bridgehead atoms. The minimum atomic E-state index is -0.907. The van der Waals surface area contributed by atoms with Gasteiger partial charge in [-0.1, -0.05) is 6.92 Å². The minimum absolute atomic E-state index is 0.113. The summed E-state index contributed by atoms with van der Waals surface area (Å²) in [4.78, 5) is 30.7. The molecular weight excluding hydrogens is 270 g/mol. The molecule has 1 aliphatic heterocycles. The topological polar surface area (TPSA) is 80.1 Å². The van der Waals surface area contributed by atoms with Gasteiger partial charge >= 0.3 is 0 Å². The average Bonchev–Trinajstić information content (AvgIpc) is 2.81. The molecule has 1 saturated heterocycles. The van der Waals surface area contributed by atoms with E-state index in [1.54, 1.807) is 37.3 Å². The van der Waals surface area contributed by atoms with Crippen LogP contribution in [0.4, 0.5) is 0 Å². The van der Waals surface area contributed by atoms with E-state index in [2.05, 4.69) is 22.3 Å². The second-order valence-corrected chi connectivity index (χ2v) is 6.43. The predicted molar refractivity (Wildman–Crippen MR) is 77.2 cm³/mol. The second-order valence-electron chi connectivity index (χ2n) is 6.43. The average molecular weight is 293 g/mol. The van der Waals surface area contributed by atoms with Crippen LogP contribution in [0.2, 0.25) is 0 Å². The highest BCUT2D eigenvalue weighted by Gasteiger charge is 2.50. The third-order valence-corrected chi connectivity index (χ3v) is 3.87. The SMILES string of the molecule is CCCn1ncnc1CN1C(=O)C(C)(C)NC(=O)C1(C)C. The van der Waals surface area contributed by atoms with Crippen LogP contribution in [0, 0.1) is 0 Å². The Morgan fingerprint density at radius 2 is 1.90 bits per heavy atom. The van der Waals surface area contributed by atoms with Crippen LogP contribution in [-0.2, 0) is 22.7 Å². The van der Waals surface area contributed by atoms with Crippen molar-refractivity contribution in [3.63, 3.8) is 0 Å². The zero-order valence-corrected chi connectivity index (χ0v) is 13.3. The van der Waals surface area contributed by atoms with Crippen LogP contribution < -0.4 is 5.32 Å². The van der Waals surface area contributed by atoms with E-state index < -0.39 is 11.1 Å². The first-order chi connectivity index (χ1) is 9.70. The number of nitrogens with one attached hydrogen (secondary N) is 1. The van der Waals surface area contributed by atoms with Gasteiger partial charge in [0.25, 0.3) is 0 Å². The Bertz CT molecular complexity index is 561. The Labute approximate surface area is 124 Å². The molecule has 0 atom stereocenters. The van der Waals surface area contributed by atoms with Gasteiger partial charge in [0.05, 0.1) is 6.54 Å². The van der Waals surface area contributed by atoms with Gasteiger partial charge in [-0.2, -0.15) is 5.10 Å². The maximum absolute atomic E-state index is 12.7. The fraction of sp³-hybridized carbons (Fsp3) is 0.714. The summed E-state index contributed by atoms with van der Waals surface area (Å²) in [7, 11) is 0. The number of nitrogens with zero attached hydrogens (tertiary/aromatic N) is 4. The van der Waals surface area contributed by atoms with Crippen molar-refractivity contribution in [2.75, 3.05) is 0 Å². The zero-order valence-electron chi connectivity index (χ0n) is 13.3. The first-order valence-corrected chi connectivity index (χ1v) is 7.21. The summed E-state index contributed by atoms with van der Waals surface area (Å²) in [5.74, 6) is 0.426. The quantitative estimate of drug-likeness (QED) is 0.886. The molecule has 0 unspecified atom stereocenters. The highest BCUT2D eigenvalue weighted by atomic mass is 16.2. The van der Waals surface area contributed by atoms with Crippen molar-refractivity contribution in [2.24, 2.45) is 0 Å². The number of carbonyl (C=O) groups is 2. The van der Waals surface area contributed by atoms with Gasteiger partial charge in [0.1, 0.15) is 23.2 Å². The summed E-state index contributed by atoms with van der Waals surface area (Å²) in [6, 6.07) is 0. The number of aryl methyl sites for hydroxylation is 1. The minimum Gasteiger partial charge on any atom is -0.340 e. The van der Waals surface area contributed by atoms with E-state index in [1.807, 2.05) is 0 Å². The Kier molecular flexibility index (Phi) is 3.78. The van der Waals surface area contributed by atoms with E-state index in [4.69, 9.17) is 0 Å². The molecular formula is C14H23N5O2. The van der Waals surface area contributed by atoms with Crippen LogP contribution >= 0.6 is 0 Å². The molecule has 2 rings (SSSR count). The van der Waals surface area contributed by atoms with E-state index in [-0.39, 0.29) is 18.4 Å². The van der Waals surface area contributed by atoms with Crippen molar-refractivity contribution in [3.8, 4) is 0 Å². The lowest BCUT2D eigenvalue weighted by molar-refractivity contribution is -0.160. The molecule has 1 aliphatic rings. The summed E-state index contributed by atoms with van der Waals surface area (Å²) in [5, 5.41) is 6.94. The summed E-state index contributed by atoms with van der Waals surface area (Å²) >= 11 is 0. The van der Waals surface area contributed by atoms with Crippen molar-refractivity contribution in [1.29, 1.82) is 0 Å². The number of piperazine rings is 1. The lowest BCUT2D eigenvalue weighted by Crippen LogP contribution is -2.72. The van der Waals surface area contributed by atoms with Crippen molar-refractivity contribution < 1.29 is 9.59 Å². The number of amides is 2. The van der Waals surface area contributed by atoms with Crippen LogP contribution in [-0.4, -0.2) is 42.6 Å². The first-order valence-electron chi connectivity index (χ1n) is 7.21. The van der Waals surface area contributed by atoms with E-state index >= 15 is 0 Å². The van der Waals surface area contributed by atoms with Crippen LogP contribution in [0.3, 0.4) is 0 Å². The first kappa shape index (κ1) is 15.5. The lowest BCUT2D eigenvalue weighted by atomic mass is 9.89. The van der Waals surface area contributed by atoms with Gasteiger partial charge in [-0.25, -0.2) is 9.67 Å². The number of hydrogen-bond donors (Lipinski definition) is 1. The summed E-state index contributed by atoms with van der Waals surface area (Å²) < 4.78 is 1.78. The van der Waals surface area contributed by atoms with Crippen molar-refractivity contribution in [1.82, 2.24) is 25.0 Å². The maximum atomic E-state index is 12.7. The largest absolute Gasteiger partial charge is 0.340 e. The Morgan fingerprint density at radius 1 is 1.24 bits per heavy atom. The molecule has 1 N–H and O–H groups in total. The molecule has 1 aromatic rings. The number of aromatic nitrogens is 3. The summed E-state index contributed by atoms with van der Waals surface area (Å²) in [6.45, 7) is 10.00. The van der Waals surface area contributed by atoms with E-state index in [0.29, 0.717) is 5.82 Å². The molecule has 7 nitrogen and oxygen atoms in total. The van der Waals surface area contributed by atoms with Crippen LogP contribution in [0.1, 0.15) is 46.9 Å². The van der Waals surface area contributed by atoms with Gasteiger partial charge in [0.15, 0.2) is 0 Å². The van der Waals surface area contributed by atoms with Gasteiger partial charge in [0.2, 0.25) is 11.8 Å². The molecule has 1 aromatic heterocycles. The molecule has 0 spiro atoms. The Hall–Kier alpha value is -1.92. The number of carbonyl (C=O) groups excluding carboxylic acids is 2. The molecule has 2 heterocycles. The molecule has 0 aromatic carbocycles. The molecule has 0 saturated carbocycles. The van der Waals surface area contributed by atoms with Crippen LogP contribution in [0.25, 0.3) is 0 Å². The van der Waals surface area contributed by atoms with E-state index in [1.165, 1.54) is 6.33 Å². The van der Waals surface area contributed by atoms with Crippen molar-refractivity contribution >= 4 is 11.8 Å². The molecule has 21 heavy (non-hydrogen) atoms. The van der Waals surface area contributed by atoms with Gasteiger partial charge in [-0.3, -0.25) is 9.59 Å². The van der Waals surface area contributed by atoms with E-state index in [0.717, 1.165) is 13.0 Å². The molecule has 116 valence electrons. The van der Waals surface area contributed by atoms with Gasteiger partial charge in [-0.15, -0.1) is 0 Å². The van der Waals surface area contributed by atoms with Gasteiger partial charge < -0.3 is 10.2 Å². The molecule has 7 heteroatoms. The second kappa shape index (κ2) is 5.13. The van der Waals surface area contributed by atoms with Crippen molar-refractivity contribution in [2.45, 2.75) is 65.2 Å². The summed E-state index contributed by atoms with van der Waals surface area (Å²) in [6.07, 6.45) is 2.41. The Morgan fingerprint density at radius 3 is 2.52 bits per heavy atom. The van der Waals surface area contributed by atoms with Crippen molar-refractivity contribution in [3.05, 3.63) is 12.2 Å². The molecule has 0 radical (unpaired) electrons. The fourth-order valence-corrected chi connectivity index (χ4v) is 2.42. The standard InChI is InChI=1S/C14H23N5O2/c1-6-7-19-10(15-9-16-19)8-18-12(21)13(2,3)17-11(20)14(18,4)5/h9H,6-8H2,1-5H3,(H,17,20). The van der Waals surface area contributed by atoms with E-state index in [9.17, 15) is 9.59 Å². The fourth-order valence-electron chi connectivity index (χ4n) is 2.42. The lowest BCUT2D eigenvalue weighted by Gasteiger charge is -2.47. The zero-order chi connectivity index (χ0) is 15.8. The van der Waals surface area contributed by atoms with Gasteiger partial charge in [-0.05, 0) is 34.1 Å². The monoisotopic (exact) mass is 293 g/mol. The summed E-state index contributed by atoms with van der Waals surface area (Å²) in [5.41, 5.74) is -1.81. The number of rotatable bonds is 4. The predicted octanol–water partition coefficient (Wildman–Crippen LogP) is 0.704. The molecule has 2 amide bonds.